The van der Waals surface area contributed by atoms with Crippen molar-refractivity contribution in [2.75, 3.05) is 0 Å². The minimum absolute atomic E-state index is 0.0996. The van der Waals surface area contributed by atoms with Crippen LogP contribution in [0.1, 0.15) is 36.7 Å². The Bertz CT molecular complexity index is 870. The lowest BCUT2D eigenvalue weighted by Crippen LogP contribution is -2.10. The molecule has 0 aliphatic carbocycles. The van der Waals surface area contributed by atoms with Crippen molar-refractivity contribution < 1.29 is 14.3 Å². The summed E-state index contributed by atoms with van der Waals surface area (Å²) in [7, 11) is 0. The highest BCUT2D eigenvalue weighted by molar-refractivity contribution is 5.89. The predicted molar refractivity (Wildman–Crippen MR) is 93.0 cm³/mol. The van der Waals surface area contributed by atoms with E-state index in [2.05, 4.69) is 37.9 Å². The molecule has 0 atom stereocenters. The molecule has 0 bridgehead atoms. The van der Waals surface area contributed by atoms with Gasteiger partial charge in [0.2, 0.25) is 5.89 Å². The molecular formula is C20H19NO3. The molecule has 4 heteroatoms. The van der Waals surface area contributed by atoms with Crippen molar-refractivity contribution in [3.8, 4) is 22.8 Å². The first-order valence-corrected chi connectivity index (χ1v) is 7.75. The first kappa shape index (κ1) is 16.0. The fraction of sp³-hybridized carbons (Fsp3) is 0.200. The zero-order valence-corrected chi connectivity index (χ0v) is 13.9. The lowest BCUT2D eigenvalue weighted by atomic mass is 9.86. The van der Waals surface area contributed by atoms with Crippen molar-refractivity contribution in [2.45, 2.75) is 26.2 Å². The molecule has 1 N–H and O–H groups in total. The van der Waals surface area contributed by atoms with E-state index in [0.717, 1.165) is 5.56 Å². The quantitative estimate of drug-likeness (QED) is 0.737. The van der Waals surface area contributed by atoms with Crippen molar-refractivity contribution in [3.63, 3.8) is 0 Å². The van der Waals surface area contributed by atoms with Gasteiger partial charge < -0.3 is 9.52 Å². The monoisotopic (exact) mass is 321 g/mol. The highest BCUT2D eigenvalue weighted by Crippen LogP contribution is 2.29. The summed E-state index contributed by atoms with van der Waals surface area (Å²) in [5, 5.41) is 9.08. The Balaban J connectivity index is 1.91. The number of carboxylic acids is 1. The molecule has 0 aliphatic rings. The normalized spacial score (nSPS) is 11.5. The summed E-state index contributed by atoms with van der Waals surface area (Å²) in [6.45, 7) is 6.51. The van der Waals surface area contributed by atoms with Gasteiger partial charge >= 0.3 is 5.97 Å². The van der Waals surface area contributed by atoms with Crippen molar-refractivity contribution in [1.29, 1.82) is 0 Å². The Morgan fingerprint density at radius 1 is 1.04 bits per heavy atom. The molecule has 1 heterocycles. The van der Waals surface area contributed by atoms with Crippen LogP contribution in [0.15, 0.2) is 59.1 Å². The SMILES string of the molecule is CC(C)(C)c1ccc(-c2cnc(-c3cccc(C(=O)O)c3)o2)cc1. The molecule has 0 radical (unpaired) electrons. The van der Waals surface area contributed by atoms with E-state index in [9.17, 15) is 4.79 Å². The second-order valence-corrected chi connectivity index (χ2v) is 6.74. The van der Waals surface area contributed by atoms with E-state index in [0.29, 0.717) is 17.2 Å². The average molecular weight is 321 g/mol. The molecule has 1 aromatic heterocycles. The molecule has 0 spiro atoms. The third-order valence-corrected chi connectivity index (χ3v) is 3.90. The van der Waals surface area contributed by atoms with Gasteiger partial charge in [-0.3, -0.25) is 0 Å². The van der Waals surface area contributed by atoms with Gasteiger partial charge in [0.05, 0.1) is 11.8 Å². The lowest BCUT2D eigenvalue weighted by Gasteiger charge is -2.18. The van der Waals surface area contributed by atoms with E-state index in [1.54, 1.807) is 30.5 Å². The van der Waals surface area contributed by atoms with E-state index < -0.39 is 5.97 Å². The molecule has 0 saturated heterocycles. The van der Waals surface area contributed by atoms with Gasteiger partial charge in [-0.1, -0.05) is 51.1 Å². The third-order valence-electron chi connectivity index (χ3n) is 3.90. The molecule has 4 nitrogen and oxygen atoms in total. The maximum absolute atomic E-state index is 11.1. The van der Waals surface area contributed by atoms with Gasteiger partial charge in [-0.2, -0.15) is 0 Å². The molecule has 0 saturated carbocycles. The van der Waals surface area contributed by atoms with Crippen molar-refractivity contribution in [1.82, 2.24) is 4.98 Å². The summed E-state index contributed by atoms with van der Waals surface area (Å²) in [6.07, 6.45) is 1.66. The predicted octanol–water partition coefficient (Wildman–Crippen LogP) is 5.00. The maximum atomic E-state index is 11.1. The molecule has 0 unspecified atom stereocenters. The van der Waals surface area contributed by atoms with Gasteiger partial charge in [-0.05, 0) is 29.2 Å². The molecular weight excluding hydrogens is 302 g/mol. The molecule has 2 aromatic carbocycles. The fourth-order valence-corrected chi connectivity index (χ4v) is 2.46. The second kappa shape index (κ2) is 5.96. The topological polar surface area (TPSA) is 63.3 Å². The Kier molecular flexibility index (Phi) is 3.97. The minimum Gasteiger partial charge on any atom is -0.478 e. The van der Waals surface area contributed by atoms with E-state index in [4.69, 9.17) is 9.52 Å². The number of benzene rings is 2. The summed E-state index contributed by atoms with van der Waals surface area (Å²) in [5.74, 6) is 0.0978. The van der Waals surface area contributed by atoms with Crippen molar-refractivity contribution in [2.24, 2.45) is 0 Å². The first-order valence-electron chi connectivity index (χ1n) is 7.75. The number of oxazole rings is 1. The van der Waals surface area contributed by atoms with E-state index in [1.807, 2.05) is 12.1 Å². The Labute approximate surface area is 140 Å². The summed E-state index contributed by atoms with van der Waals surface area (Å²) in [4.78, 5) is 15.3. The number of nitrogens with zero attached hydrogens (tertiary/aromatic N) is 1. The van der Waals surface area contributed by atoms with Crippen molar-refractivity contribution in [3.05, 3.63) is 65.9 Å². The third kappa shape index (κ3) is 3.23. The molecule has 3 rings (SSSR count). The maximum Gasteiger partial charge on any atom is 0.335 e. The van der Waals surface area contributed by atoms with Gasteiger partial charge in [-0.25, -0.2) is 9.78 Å². The zero-order chi connectivity index (χ0) is 17.3. The van der Waals surface area contributed by atoms with E-state index >= 15 is 0 Å². The van der Waals surface area contributed by atoms with Crippen LogP contribution in [-0.2, 0) is 5.41 Å². The van der Waals surface area contributed by atoms with Crippen LogP contribution in [0, 0.1) is 0 Å². The molecule has 0 aliphatic heterocycles. The van der Waals surface area contributed by atoms with Gasteiger partial charge in [0.15, 0.2) is 5.76 Å². The van der Waals surface area contributed by atoms with Crippen LogP contribution >= 0.6 is 0 Å². The van der Waals surface area contributed by atoms with Gasteiger partial charge in [0.1, 0.15) is 0 Å². The van der Waals surface area contributed by atoms with E-state index in [1.165, 1.54) is 5.56 Å². The average Bonchev–Trinajstić information content (AvgIpc) is 3.04. The summed E-state index contributed by atoms with van der Waals surface area (Å²) < 4.78 is 5.81. The number of aromatic carboxylic acids is 1. The van der Waals surface area contributed by atoms with Crippen LogP contribution in [0.3, 0.4) is 0 Å². The zero-order valence-electron chi connectivity index (χ0n) is 13.9. The van der Waals surface area contributed by atoms with Gasteiger partial charge in [-0.15, -0.1) is 0 Å². The highest BCUT2D eigenvalue weighted by Gasteiger charge is 2.15. The minimum atomic E-state index is -0.971. The standard InChI is InChI=1S/C20H19NO3/c1-20(2,3)16-9-7-13(8-10-16)17-12-21-18(24-17)14-5-4-6-15(11-14)19(22)23/h4-12H,1-3H3,(H,22,23). The molecule has 122 valence electrons. The van der Waals surface area contributed by atoms with Gasteiger partial charge in [0, 0.05) is 11.1 Å². The Morgan fingerprint density at radius 2 is 1.75 bits per heavy atom. The first-order chi connectivity index (χ1) is 11.3. The Morgan fingerprint density at radius 3 is 2.38 bits per heavy atom. The summed E-state index contributed by atoms with van der Waals surface area (Å²) >= 11 is 0. The Hall–Kier alpha value is -2.88. The van der Waals surface area contributed by atoms with Crippen LogP contribution in [-0.4, -0.2) is 16.1 Å². The molecule has 0 amide bonds. The van der Waals surface area contributed by atoms with Crippen molar-refractivity contribution >= 4 is 5.97 Å². The van der Waals surface area contributed by atoms with Crippen LogP contribution in [0.4, 0.5) is 0 Å². The number of aromatic nitrogens is 1. The second-order valence-electron chi connectivity index (χ2n) is 6.74. The van der Waals surface area contributed by atoms with E-state index in [-0.39, 0.29) is 11.0 Å². The number of hydrogen-bond acceptors (Lipinski definition) is 3. The highest BCUT2D eigenvalue weighted by atomic mass is 16.4. The summed E-state index contributed by atoms with van der Waals surface area (Å²) in [5.41, 5.74) is 3.15. The number of carboxylic acid groups (broad SMARTS) is 1. The number of rotatable bonds is 3. The molecule has 0 fully saturated rings. The lowest BCUT2D eigenvalue weighted by molar-refractivity contribution is 0.0697. The molecule has 3 aromatic rings. The van der Waals surface area contributed by atoms with Gasteiger partial charge in [0.25, 0.3) is 0 Å². The van der Waals surface area contributed by atoms with Crippen LogP contribution in [0.5, 0.6) is 0 Å². The fourth-order valence-electron chi connectivity index (χ4n) is 2.46. The number of carbonyl (C=O) groups is 1. The summed E-state index contributed by atoms with van der Waals surface area (Å²) in [6, 6.07) is 14.8. The van der Waals surface area contributed by atoms with Crippen LogP contribution in [0.25, 0.3) is 22.8 Å². The van der Waals surface area contributed by atoms with Crippen LogP contribution < -0.4 is 0 Å². The largest absolute Gasteiger partial charge is 0.478 e. The molecule has 24 heavy (non-hydrogen) atoms. The smallest absolute Gasteiger partial charge is 0.335 e. The number of hydrogen-bond donors (Lipinski definition) is 1. The van der Waals surface area contributed by atoms with Crippen LogP contribution in [0.2, 0.25) is 0 Å².